The lowest BCUT2D eigenvalue weighted by Gasteiger charge is -2.24. The van der Waals surface area contributed by atoms with Crippen LogP contribution in [0, 0.1) is 0 Å². The van der Waals surface area contributed by atoms with Crippen LogP contribution in [0.15, 0.2) is 6.07 Å². The minimum atomic E-state index is -0.380. The van der Waals surface area contributed by atoms with E-state index in [1.165, 1.54) is 36.4 Å². The first-order valence-electron chi connectivity index (χ1n) is 8.92. The molecule has 0 unspecified atom stereocenters. The predicted octanol–water partition coefficient (Wildman–Crippen LogP) is 2.63. The van der Waals surface area contributed by atoms with Gasteiger partial charge in [-0.3, -0.25) is 0 Å². The lowest BCUT2D eigenvalue weighted by atomic mass is 10.1. The maximum Gasteiger partial charge on any atom is 0.426 e. The van der Waals surface area contributed by atoms with Crippen molar-refractivity contribution in [2.24, 2.45) is 0 Å². The van der Waals surface area contributed by atoms with Crippen LogP contribution >= 0.6 is 11.3 Å². The summed E-state index contributed by atoms with van der Waals surface area (Å²) in [6.45, 7) is 8.23. The second kappa shape index (κ2) is 8.69. The Bertz CT molecular complexity index is 543. The molecule has 7 heteroatoms. The van der Waals surface area contributed by atoms with Gasteiger partial charge >= 0.3 is 6.09 Å². The Morgan fingerprint density at radius 2 is 2.17 bits per heavy atom. The van der Waals surface area contributed by atoms with Gasteiger partial charge in [-0.15, -0.1) is 16.4 Å². The third-order valence-corrected chi connectivity index (χ3v) is 5.55. The smallest absolute Gasteiger partial charge is 0.426 e. The average Bonchev–Trinajstić information content (AvgIpc) is 3.20. The van der Waals surface area contributed by atoms with Gasteiger partial charge in [-0.2, -0.15) is 0 Å². The van der Waals surface area contributed by atoms with Crippen LogP contribution in [0.3, 0.4) is 0 Å². The van der Waals surface area contributed by atoms with E-state index in [1.54, 1.807) is 16.4 Å². The zero-order valence-corrected chi connectivity index (χ0v) is 15.2. The maximum atomic E-state index is 11.5. The minimum Gasteiger partial charge on any atom is -0.484 e. The van der Waals surface area contributed by atoms with Crippen molar-refractivity contribution in [3.8, 4) is 5.06 Å². The van der Waals surface area contributed by atoms with Gasteiger partial charge in [0, 0.05) is 24.5 Å². The summed E-state index contributed by atoms with van der Waals surface area (Å²) in [5.41, 5.74) is 1.21. The van der Waals surface area contributed by atoms with Crippen LogP contribution in [-0.2, 0) is 17.8 Å². The van der Waals surface area contributed by atoms with Crippen LogP contribution in [0.25, 0.3) is 0 Å². The third kappa shape index (κ3) is 4.84. The van der Waals surface area contributed by atoms with Gasteiger partial charge in [-0.05, 0) is 57.3 Å². The summed E-state index contributed by atoms with van der Waals surface area (Å²) in [6, 6.07) is 2.10. The molecule has 1 amide bonds. The van der Waals surface area contributed by atoms with E-state index in [9.17, 15) is 4.79 Å². The van der Waals surface area contributed by atoms with Crippen molar-refractivity contribution < 1.29 is 14.4 Å². The quantitative estimate of drug-likeness (QED) is 0.764. The number of rotatable bonds is 7. The molecule has 1 fully saturated rings. The SMILES string of the molecule is CCNC(=O)ON1CCc2sc(OCCCN3CCCC3)cc2C1. The van der Waals surface area contributed by atoms with Crippen LogP contribution in [0.4, 0.5) is 4.79 Å². The number of thiophene rings is 1. The molecule has 1 aromatic heterocycles. The number of carbonyl (C=O) groups is 1. The lowest BCUT2D eigenvalue weighted by molar-refractivity contribution is -0.110. The molecule has 1 saturated heterocycles. The number of nitrogens with zero attached hydrogens (tertiary/aromatic N) is 2. The van der Waals surface area contributed by atoms with E-state index in [-0.39, 0.29) is 6.09 Å². The Labute approximate surface area is 147 Å². The van der Waals surface area contributed by atoms with Gasteiger partial charge in [0.05, 0.1) is 13.2 Å². The molecule has 0 atom stereocenters. The summed E-state index contributed by atoms with van der Waals surface area (Å²) in [5, 5.41) is 5.36. The summed E-state index contributed by atoms with van der Waals surface area (Å²) in [6.07, 6.45) is 4.28. The standard InChI is InChI=1S/C17H27N3O3S/c1-2-18-17(21)23-20-10-6-15-14(13-20)12-16(24-15)22-11-5-9-19-7-3-4-8-19/h12H,2-11,13H2,1H3,(H,18,21). The van der Waals surface area contributed by atoms with E-state index in [1.807, 2.05) is 6.92 Å². The number of hydroxylamine groups is 2. The minimum absolute atomic E-state index is 0.380. The molecule has 0 saturated carbocycles. The van der Waals surface area contributed by atoms with Gasteiger partial charge in [0.1, 0.15) is 0 Å². The molecule has 0 aromatic carbocycles. The second-order valence-corrected chi connectivity index (χ2v) is 7.39. The number of carbonyl (C=O) groups excluding carboxylic acids is 1. The van der Waals surface area contributed by atoms with Crippen molar-refractivity contribution >= 4 is 17.4 Å². The molecule has 1 N–H and O–H groups in total. The molecule has 0 bridgehead atoms. The molecular weight excluding hydrogens is 326 g/mol. The van der Waals surface area contributed by atoms with E-state index < -0.39 is 0 Å². The molecular formula is C17H27N3O3S. The van der Waals surface area contributed by atoms with Gasteiger partial charge in [-0.25, -0.2) is 4.79 Å². The van der Waals surface area contributed by atoms with Crippen LogP contribution in [0.1, 0.15) is 36.6 Å². The summed E-state index contributed by atoms with van der Waals surface area (Å²) >= 11 is 1.73. The van der Waals surface area contributed by atoms with E-state index in [0.717, 1.165) is 37.6 Å². The highest BCUT2D eigenvalue weighted by molar-refractivity contribution is 7.14. The number of likely N-dealkylation sites (tertiary alicyclic amines) is 1. The number of amides is 1. The van der Waals surface area contributed by atoms with Crippen molar-refractivity contribution in [2.45, 2.75) is 39.2 Å². The highest BCUT2D eigenvalue weighted by Gasteiger charge is 2.22. The van der Waals surface area contributed by atoms with Gasteiger partial charge in [0.25, 0.3) is 0 Å². The summed E-state index contributed by atoms with van der Waals surface area (Å²) < 4.78 is 5.93. The fourth-order valence-corrected chi connectivity index (χ4v) is 4.22. The van der Waals surface area contributed by atoms with Gasteiger partial charge in [0.15, 0.2) is 5.06 Å². The number of fused-ring (bicyclic) bond motifs is 1. The highest BCUT2D eigenvalue weighted by Crippen LogP contribution is 2.33. The number of nitrogens with one attached hydrogen (secondary N) is 1. The topological polar surface area (TPSA) is 54.0 Å². The predicted molar refractivity (Wildman–Crippen MR) is 94.4 cm³/mol. The van der Waals surface area contributed by atoms with E-state index >= 15 is 0 Å². The van der Waals surface area contributed by atoms with E-state index in [2.05, 4.69) is 16.3 Å². The van der Waals surface area contributed by atoms with Crippen molar-refractivity contribution in [2.75, 3.05) is 39.3 Å². The Hall–Kier alpha value is -1.31. The van der Waals surface area contributed by atoms with Gasteiger partial charge in [0.2, 0.25) is 0 Å². The fourth-order valence-electron chi connectivity index (χ4n) is 3.19. The Kier molecular flexibility index (Phi) is 6.34. The molecule has 0 spiro atoms. The van der Waals surface area contributed by atoms with Crippen molar-refractivity contribution in [1.29, 1.82) is 0 Å². The van der Waals surface area contributed by atoms with Crippen LogP contribution in [0.5, 0.6) is 5.06 Å². The van der Waals surface area contributed by atoms with E-state index in [4.69, 9.17) is 9.57 Å². The first-order valence-corrected chi connectivity index (χ1v) is 9.73. The molecule has 2 aliphatic rings. The van der Waals surface area contributed by atoms with Crippen LogP contribution in [-0.4, -0.2) is 55.4 Å². The Morgan fingerprint density at radius 3 is 2.96 bits per heavy atom. The number of ether oxygens (including phenoxy) is 1. The molecule has 0 radical (unpaired) electrons. The Balaban J connectivity index is 1.42. The van der Waals surface area contributed by atoms with Crippen LogP contribution < -0.4 is 10.1 Å². The monoisotopic (exact) mass is 353 g/mol. The summed E-state index contributed by atoms with van der Waals surface area (Å²) in [4.78, 5) is 20.7. The molecule has 6 nitrogen and oxygen atoms in total. The van der Waals surface area contributed by atoms with Gasteiger partial charge < -0.3 is 19.8 Å². The maximum absolute atomic E-state index is 11.5. The Morgan fingerprint density at radius 1 is 1.33 bits per heavy atom. The van der Waals surface area contributed by atoms with Crippen molar-refractivity contribution in [3.05, 3.63) is 16.5 Å². The fraction of sp³-hybridized carbons (Fsp3) is 0.706. The molecule has 3 heterocycles. The van der Waals surface area contributed by atoms with Crippen molar-refractivity contribution in [3.63, 3.8) is 0 Å². The molecule has 24 heavy (non-hydrogen) atoms. The molecule has 0 aliphatic carbocycles. The number of hydrogen-bond acceptors (Lipinski definition) is 6. The first-order chi connectivity index (χ1) is 11.7. The molecule has 1 aromatic rings. The average molecular weight is 353 g/mol. The largest absolute Gasteiger partial charge is 0.484 e. The lowest BCUT2D eigenvalue weighted by Crippen LogP contribution is -2.36. The zero-order chi connectivity index (χ0) is 16.8. The third-order valence-electron chi connectivity index (χ3n) is 4.40. The van der Waals surface area contributed by atoms with E-state index in [0.29, 0.717) is 13.1 Å². The van der Waals surface area contributed by atoms with Crippen LogP contribution in [0.2, 0.25) is 0 Å². The highest BCUT2D eigenvalue weighted by atomic mass is 32.1. The molecule has 3 rings (SSSR count). The second-order valence-electron chi connectivity index (χ2n) is 6.29. The zero-order valence-electron chi connectivity index (χ0n) is 14.4. The summed E-state index contributed by atoms with van der Waals surface area (Å²) in [5.74, 6) is 0. The summed E-state index contributed by atoms with van der Waals surface area (Å²) in [7, 11) is 0. The van der Waals surface area contributed by atoms with Crippen molar-refractivity contribution in [1.82, 2.24) is 15.3 Å². The molecule has 2 aliphatic heterocycles. The normalized spacial score (nSPS) is 18.4. The van der Waals surface area contributed by atoms with Gasteiger partial charge in [-0.1, -0.05) is 0 Å². The first kappa shape index (κ1) is 17.5. The number of hydrogen-bond donors (Lipinski definition) is 1. The molecule has 134 valence electrons.